The van der Waals surface area contributed by atoms with Crippen molar-refractivity contribution in [2.75, 3.05) is 0 Å². The summed E-state index contributed by atoms with van der Waals surface area (Å²) in [7, 11) is -3.51. The van der Waals surface area contributed by atoms with Crippen molar-refractivity contribution in [3.8, 4) is 0 Å². The summed E-state index contributed by atoms with van der Waals surface area (Å²) in [6, 6.07) is 10.8. The van der Waals surface area contributed by atoms with Gasteiger partial charge in [-0.15, -0.1) is 0 Å². The second-order valence-electron chi connectivity index (χ2n) is 5.09. The van der Waals surface area contributed by atoms with Crippen LogP contribution in [0.15, 0.2) is 54.9 Å². The quantitative estimate of drug-likeness (QED) is 0.779. The normalized spacial score (nSPS) is 11.7. The number of nitrogens with zero attached hydrogens (tertiary/aromatic N) is 2. The summed E-state index contributed by atoms with van der Waals surface area (Å²) in [6.07, 6.45) is 3.19. The fourth-order valence-electron chi connectivity index (χ4n) is 2.16. The predicted molar refractivity (Wildman–Crippen MR) is 85.4 cm³/mol. The van der Waals surface area contributed by atoms with Gasteiger partial charge in [-0.2, -0.15) is 0 Å². The van der Waals surface area contributed by atoms with Gasteiger partial charge in [0.15, 0.2) is 0 Å². The van der Waals surface area contributed by atoms with E-state index in [0.717, 1.165) is 11.1 Å². The Morgan fingerprint density at radius 3 is 2.30 bits per heavy atom. The first-order chi connectivity index (χ1) is 11.0. The van der Waals surface area contributed by atoms with E-state index in [9.17, 15) is 12.8 Å². The van der Waals surface area contributed by atoms with Gasteiger partial charge < -0.3 is 0 Å². The van der Waals surface area contributed by atoms with Gasteiger partial charge in [-0.1, -0.05) is 18.2 Å². The van der Waals surface area contributed by atoms with E-state index in [2.05, 4.69) is 14.7 Å². The first kappa shape index (κ1) is 15.5. The van der Waals surface area contributed by atoms with Crippen LogP contribution in [0.1, 0.15) is 11.1 Å². The molecule has 5 nitrogen and oxygen atoms in total. The molecule has 0 atom stereocenters. The number of hydrogen-bond donors (Lipinski definition) is 1. The van der Waals surface area contributed by atoms with E-state index in [0.29, 0.717) is 11.1 Å². The summed E-state index contributed by atoms with van der Waals surface area (Å²) in [5, 5.41) is 0. The Labute approximate surface area is 133 Å². The molecule has 3 aromatic rings. The smallest absolute Gasteiger partial charge is 0.216 e. The van der Waals surface area contributed by atoms with Gasteiger partial charge in [0.1, 0.15) is 5.82 Å². The molecule has 2 aromatic carbocycles. The number of sulfonamides is 1. The van der Waals surface area contributed by atoms with Crippen LogP contribution in [-0.4, -0.2) is 18.4 Å². The first-order valence-corrected chi connectivity index (χ1v) is 8.58. The number of fused-ring (bicyclic) bond motifs is 1. The molecule has 0 unspecified atom stereocenters. The molecular weight excluding hydrogens is 317 g/mol. The third kappa shape index (κ3) is 4.08. The zero-order valence-electron chi connectivity index (χ0n) is 12.1. The van der Waals surface area contributed by atoms with E-state index in [-0.39, 0.29) is 12.3 Å². The van der Waals surface area contributed by atoms with Gasteiger partial charge in [0, 0.05) is 18.9 Å². The Kier molecular flexibility index (Phi) is 4.31. The monoisotopic (exact) mass is 331 g/mol. The highest BCUT2D eigenvalue weighted by atomic mass is 32.2. The van der Waals surface area contributed by atoms with E-state index < -0.39 is 15.8 Å². The minimum Gasteiger partial charge on any atom is -0.253 e. The molecule has 1 aromatic heterocycles. The molecule has 0 bridgehead atoms. The third-order valence-corrected chi connectivity index (χ3v) is 4.60. The number of nitrogens with one attached hydrogen (secondary N) is 1. The van der Waals surface area contributed by atoms with Crippen molar-refractivity contribution in [2.45, 2.75) is 12.3 Å². The third-order valence-electron chi connectivity index (χ3n) is 3.30. The second kappa shape index (κ2) is 6.39. The van der Waals surface area contributed by atoms with E-state index in [1.165, 1.54) is 24.3 Å². The Morgan fingerprint density at radius 2 is 1.57 bits per heavy atom. The molecule has 0 aliphatic heterocycles. The van der Waals surface area contributed by atoms with Crippen LogP contribution in [0.2, 0.25) is 0 Å². The predicted octanol–water partition coefficient (Wildman–Crippen LogP) is 2.39. The molecule has 23 heavy (non-hydrogen) atoms. The van der Waals surface area contributed by atoms with Crippen molar-refractivity contribution in [1.82, 2.24) is 14.7 Å². The minimum atomic E-state index is -3.51. The molecule has 7 heteroatoms. The lowest BCUT2D eigenvalue weighted by atomic mass is 10.2. The lowest BCUT2D eigenvalue weighted by molar-refractivity contribution is 0.580. The average Bonchev–Trinajstić information content (AvgIpc) is 2.55. The number of benzene rings is 2. The number of halogens is 1. The van der Waals surface area contributed by atoms with Crippen molar-refractivity contribution >= 4 is 21.1 Å². The topological polar surface area (TPSA) is 72.0 Å². The molecule has 0 saturated carbocycles. The lowest BCUT2D eigenvalue weighted by Gasteiger charge is -2.07. The fraction of sp³-hybridized carbons (Fsp3) is 0.125. The summed E-state index contributed by atoms with van der Waals surface area (Å²) in [5.41, 5.74) is 2.79. The maximum Gasteiger partial charge on any atom is 0.216 e. The SMILES string of the molecule is O=S(=O)(Cc1ccc(F)cc1)NCc1ccc2nccnc2c1. The Morgan fingerprint density at radius 1 is 0.913 bits per heavy atom. The second-order valence-corrected chi connectivity index (χ2v) is 6.89. The number of rotatable bonds is 5. The van der Waals surface area contributed by atoms with E-state index in [1.54, 1.807) is 30.6 Å². The molecule has 1 N–H and O–H groups in total. The molecule has 0 radical (unpaired) electrons. The van der Waals surface area contributed by atoms with Gasteiger partial charge in [-0.3, -0.25) is 9.97 Å². The molecule has 0 aliphatic carbocycles. The molecule has 0 amide bonds. The molecule has 0 spiro atoms. The zero-order valence-corrected chi connectivity index (χ0v) is 12.9. The number of hydrogen-bond acceptors (Lipinski definition) is 4. The zero-order chi connectivity index (χ0) is 16.3. The Balaban J connectivity index is 1.69. The maximum absolute atomic E-state index is 12.8. The van der Waals surface area contributed by atoms with Crippen LogP contribution in [0.25, 0.3) is 11.0 Å². The van der Waals surface area contributed by atoms with Crippen LogP contribution < -0.4 is 4.72 Å². The highest BCUT2D eigenvalue weighted by Gasteiger charge is 2.11. The largest absolute Gasteiger partial charge is 0.253 e. The molecule has 0 aliphatic rings. The van der Waals surface area contributed by atoms with Crippen LogP contribution >= 0.6 is 0 Å². The lowest BCUT2D eigenvalue weighted by Crippen LogP contribution is -2.24. The molecule has 0 fully saturated rings. The van der Waals surface area contributed by atoms with E-state index in [1.807, 2.05) is 0 Å². The Hall–Kier alpha value is -2.38. The van der Waals surface area contributed by atoms with Crippen LogP contribution in [0.5, 0.6) is 0 Å². The van der Waals surface area contributed by atoms with E-state index >= 15 is 0 Å². The highest BCUT2D eigenvalue weighted by molar-refractivity contribution is 7.88. The van der Waals surface area contributed by atoms with Crippen LogP contribution in [0.4, 0.5) is 4.39 Å². The molecule has 3 rings (SSSR count). The first-order valence-electron chi connectivity index (χ1n) is 6.93. The molecule has 1 heterocycles. The molecule has 118 valence electrons. The van der Waals surface area contributed by atoms with Crippen molar-refractivity contribution in [3.63, 3.8) is 0 Å². The summed E-state index contributed by atoms with van der Waals surface area (Å²) in [5.74, 6) is -0.586. The van der Waals surface area contributed by atoms with Crippen molar-refractivity contribution in [3.05, 3.63) is 71.8 Å². The average molecular weight is 331 g/mol. The van der Waals surface area contributed by atoms with Gasteiger partial charge in [-0.25, -0.2) is 17.5 Å². The van der Waals surface area contributed by atoms with Gasteiger partial charge >= 0.3 is 0 Å². The van der Waals surface area contributed by atoms with Gasteiger partial charge in [-0.05, 0) is 35.4 Å². The maximum atomic E-state index is 12.8. The van der Waals surface area contributed by atoms with Gasteiger partial charge in [0.05, 0.1) is 16.8 Å². The Bertz CT molecular complexity index is 927. The van der Waals surface area contributed by atoms with Crippen LogP contribution in [0.3, 0.4) is 0 Å². The summed E-state index contributed by atoms with van der Waals surface area (Å²) >= 11 is 0. The minimum absolute atomic E-state index is 0.163. The summed E-state index contributed by atoms with van der Waals surface area (Å²) in [4.78, 5) is 8.35. The van der Waals surface area contributed by atoms with Crippen LogP contribution in [0, 0.1) is 5.82 Å². The fourth-order valence-corrected chi connectivity index (χ4v) is 3.28. The molecule has 0 saturated heterocycles. The highest BCUT2D eigenvalue weighted by Crippen LogP contribution is 2.12. The van der Waals surface area contributed by atoms with Crippen molar-refractivity contribution in [2.24, 2.45) is 0 Å². The van der Waals surface area contributed by atoms with Crippen LogP contribution in [-0.2, 0) is 22.3 Å². The van der Waals surface area contributed by atoms with Crippen molar-refractivity contribution in [1.29, 1.82) is 0 Å². The summed E-state index contributed by atoms with van der Waals surface area (Å²) in [6.45, 7) is 0.163. The molecular formula is C16H14FN3O2S. The number of aromatic nitrogens is 2. The van der Waals surface area contributed by atoms with Gasteiger partial charge in [0.2, 0.25) is 10.0 Å². The standard InChI is InChI=1S/C16H14FN3O2S/c17-14-4-1-12(2-5-14)11-23(21,22)20-10-13-3-6-15-16(9-13)19-8-7-18-15/h1-9,20H,10-11H2. The van der Waals surface area contributed by atoms with E-state index in [4.69, 9.17) is 0 Å². The van der Waals surface area contributed by atoms with Gasteiger partial charge in [0.25, 0.3) is 0 Å². The van der Waals surface area contributed by atoms with Crippen molar-refractivity contribution < 1.29 is 12.8 Å². The summed E-state index contributed by atoms with van der Waals surface area (Å²) < 4.78 is 39.6.